The van der Waals surface area contributed by atoms with E-state index in [0.29, 0.717) is 12.0 Å². The van der Waals surface area contributed by atoms with E-state index in [1.807, 2.05) is 6.92 Å². The third kappa shape index (κ3) is 3.79. The summed E-state index contributed by atoms with van der Waals surface area (Å²) in [7, 11) is 0. The minimum Gasteiger partial charge on any atom is -0.451 e. The average Bonchev–Trinajstić information content (AvgIpc) is 2.46. The van der Waals surface area contributed by atoms with Gasteiger partial charge in [-0.15, -0.1) is 0 Å². The van der Waals surface area contributed by atoms with Crippen LogP contribution < -0.4 is 10.5 Å². The van der Waals surface area contributed by atoms with Crippen molar-refractivity contribution >= 4 is 0 Å². The minimum atomic E-state index is -0.517. The van der Waals surface area contributed by atoms with Crippen LogP contribution in [0.3, 0.4) is 0 Å². The highest BCUT2D eigenvalue weighted by Gasteiger charge is 2.11. The molecule has 21 heavy (non-hydrogen) atoms. The first-order valence-corrected chi connectivity index (χ1v) is 6.98. The standard InChI is InChI=1S/C17H19F2NO/c1-3-13(20)9-12-7-8-15(14(18)10-12)21-16-6-4-5-11(2)17(16)19/h4-8,10,13H,3,9,20H2,1-2H3. The van der Waals surface area contributed by atoms with Gasteiger partial charge in [0.1, 0.15) is 0 Å². The molecule has 2 aromatic rings. The Bertz CT molecular complexity index is 628. The topological polar surface area (TPSA) is 35.2 Å². The highest BCUT2D eigenvalue weighted by Crippen LogP contribution is 2.28. The second kappa shape index (κ2) is 6.68. The highest BCUT2D eigenvalue weighted by molar-refractivity contribution is 5.37. The molecule has 1 unspecified atom stereocenters. The molecular weight excluding hydrogens is 272 g/mol. The molecule has 0 spiro atoms. The molecule has 0 bridgehead atoms. The van der Waals surface area contributed by atoms with E-state index in [-0.39, 0.29) is 17.5 Å². The van der Waals surface area contributed by atoms with Crippen LogP contribution in [0.1, 0.15) is 24.5 Å². The summed E-state index contributed by atoms with van der Waals surface area (Å²) in [5.74, 6) is -0.967. The van der Waals surface area contributed by atoms with Crippen LogP contribution in [-0.4, -0.2) is 6.04 Å². The lowest BCUT2D eigenvalue weighted by atomic mass is 10.0. The van der Waals surface area contributed by atoms with Gasteiger partial charge in [0.2, 0.25) is 0 Å². The molecule has 0 aromatic heterocycles. The molecule has 2 aromatic carbocycles. The van der Waals surface area contributed by atoms with Gasteiger partial charge in [0.05, 0.1) is 0 Å². The molecule has 0 saturated carbocycles. The molecule has 0 aliphatic rings. The molecular formula is C17H19F2NO. The predicted molar refractivity (Wildman–Crippen MR) is 79.6 cm³/mol. The molecule has 0 amide bonds. The van der Waals surface area contributed by atoms with Crippen molar-refractivity contribution in [1.82, 2.24) is 0 Å². The monoisotopic (exact) mass is 291 g/mol. The normalized spacial score (nSPS) is 12.2. The van der Waals surface area contributed by atoms with Gasteiger partial charge in [-0.2, -0.15) is 0 Å². The first-order valence-electron chi connectivity index (χ1n) is 6.98. The lowest BCUT2D eigenvalue weighted by Gasteiger charge is -2.12. The Kier molecular flexibility index (Phi) is 4.91. The van der Waals surface area contributed by atoms with Gasteiger partial charge in [-0.25, -0.2) is 8.78 Å². The third-order valence-corrected chi connectivity index (χ3v) is 3.39. The quantitative estimate of drug-likeness (QED) is 0.889. The fourth-order valence-electron chi connectivity index (χ4n) is 2.02. The van der Waals surface area contributed by atoms with E-state index in [1.54, 1.807) is 25.1 Å². The molecule has 2 nitrogen and oxygen atoms in total. The van der Waals surface area contributed by atoms with E-state index in [1.165, 1.54) is 18.2 Å². The number of benzene rings is 2. The van der Waals surface area contributed by atoms with Crippen molar-refractivity contribution in [2.45, 2.75) is 32.7 Å². The summed E-state index contributed by atoms with van der Waals surface area (Å²) in [5.41, 5.74) is 7.11. The first-order chi connectivity index (χ1) is 10.0. The molecule has 0 radical (unpaired) electrons. The highest BCUT2D eigenvalue weighted by atomic mass is 19.1. The van der Waals surface area contributed by atoms with Crippen molar-refractivity contribution in [2.75, 3.05) is 0 Å². The Labute approximate surface area is 123 Å². The van der Waals surface area contributed by atoms with Gasteiger partial charge in [-0.3, -0.25) is 0 Å². The number of hydrogen-bond donors (Lipinski definition) is 1. The number of hydrogen-bond acceptors (Lipinski definition) is 2. The van der Waals surface area contributed by atoms with Crippen LogP contribution in [0.2, 0.25) is 0 Å². The molecule has 0 fully saturated rings. The van der Waals surface area contributed by atoms with E-state index in [9.17, 15) is 8.78 Å². The van der Waals surface area contributed by atoms with Crippen LogP contribution >= 0.6 is 0 Å². The van der Waals surface area contributed by atoms with E-state index in [0.717, 1.165) is 12.0 Å². The first kappa shape index (κ1) is 15.4. The summed E-state index contributed by atoms with van der Waals surface area (Å²) in [6.45, 7) is 3.62. The largest absolute Gasteiger partial charge is 0.451 e. The van der Waals surface area contributed by atoms with Crippen molar-refractivity contribution < 1.29 is 13.5 Å². The van der Waals surface area contributed by atoms with Gasteiger partial charge in [-0.1, -0.05) is 25.1 Å². The SMILES string of the molecule is CCC(N)Cc1ccc(Oc2cccc(C)c2F)c(F)c1. The molecule has 0 aliphatic heterocycles. The maximum Gasteiger partial charge on any atom is 0.168 e. The fraction of sp³-hybridized carbons (Fsp3) is 0.294. The van der Waals surface area contributed by atoms with Gasteiger partial charge >= 0.3 is 0 Å². The van der Waals surface area contributed by atoms with E-state index in [4.69, 9.17) is 10.5 Å². The van der Waals surface area contributed by atoms with Crippen LogP contribution in [0.4, 0.5) is 8.78 Å². The lowest BCUT2D eigenvalue weighted by molar-refractivity contribution is 0.412. The maximum absolute atomic E-state index is 14.0. The summed E-state index contributed by atoms with van der Waals surface area (Å²) in [6, 6.07) is 9.43. The van der Waals surface area contributed by atoms with Gasteiger partial charge in [0.15, 0.2) is 23.1 Å². The summed E-state index contributed by atoms with van der Waals surface area (Å²) in [6.07, 6.45) is 1.43. The Morgan fingerprint density at radius 3 is 2.57 bits per heavy atom. The molecule has 2 N–H and O–H groups in total. The molecule has 4 heteroatoms. The maximum atomic E-state index is 14.0. The van der Waals surface area contributed by atoms with Crippen molar-refractivity contribution in [2.24, 2.45) is 5.73 Å². The molecule has 0 saturated heterocycles. The molecule has 1 atom stereocenters. The molecule has 112 valence electrons. The average molecular weight is 291 g/mol. The van der Waals surface area contributed by atoms with E-state index in [2.05, 4.69) is 0 Å². The van der Waals surface area contributed by atoms with Crippen molar-refractivity contribution in [1.29, 1.82) is 0 Å². The van der Waals surface area contributed by atoms with Crippen LogP contribution in [0.25, 0.3) is 0 Å². The van der Waals surface area contributed by atoms with E-state index >= 15 is 0 Å². The molecule has 2 rings (SSSR count). The summed E-state index contributed by atoms with van der Waals surface area (Å²) in [4.78, 5) is 0. The Hall–Kier alpha value is -1.94. The second-order valence-electron chi connectivity index (χ2n) is 5.13. The molecule has 0 aliphatic carbocycles. The molecule has 0 heterocycles. The second-order valence-corrected chi connectivity index (χ2v) is 5.13. The van der Waals surface area contributed by atoms with E-state index < -0.39 is 11.6 Å². The zero-order valence-corrected chi connectivity index (χ0v) is 12.2. The minimum absolute atomic E-state index is 0.00499. The van der Waals surface area contributed by atoms with Crippen molar-refractivity contribution in [3.63, 3.8) is 0 Å². The number of halogens is 2. The Morgan fingerprint density at radius 2 is 1.90 bits per heavy atom. The van der Waals surface area contributed by atoms with Gasteiger partial charge in [0, 0.05) is 6.04 Å². The van der Waals surface area contributed by atoms with Crippen LogP contribution in [0.15, 0.2) is 36.4 Å². The van der Waals surface area contributed by atoms with Crippen LogP contribution in [-0.2, 0) is 6.42 Å². The fourth-order valence-corrected chi connectivity index (χ4v) is 2.02. The van der Waals surface area contributed by atoms with Gasteiger partial charge < -0.3 is 10.5 Å². The van der Waals surface area contributed by atoms with Gasteiger partial charge in [-0.05, 0) is 49.1 Å². The summed E-state index contributed by atoms with van der Waals surface area (Å²) in [5, 5.41) is 0. The third-order valence-electron chi connectivity index (χ3n) is 3.39. The number of nitrogens with two attached hydrogens (primary N) is 1. The Balaban J connectivity index is 2.19. The lowest BCUT2D eigenvalue weighted by Crippen LogP contribution is -2.21. The van der Waals surface area contributed by atoms with Crippen molar-refractivity contribution in [3.8, 4) is 11.5 Å². The van der Waals surface area contributed by atoms with Crippen LogP contribution in [0, 0.1) is 18.6 Å². The van der Waals surface area contributed by atoms with Crippen molar-refractivity contribution in [3.05, 3.63) is 59.2 Å². The summed E-state index contributed by atoms with van der Waals surface area (Å²) < 4.78 is 33.2. The zero-order valence-electron chi connectivity index (χ0n) is 12.2. The zero-order chi connectivity index (χ0) is 15.4. The summed E-state index contributed by atoms with van der Waals surface area (Å²) >= 11 is 0. The predicted octanol–water partition coefficient (Wildman–Crippen LogP) is 4.35. The number of rotatable bonds is 5. The van der Waals surface area contributed by atoms with Crippen LogP contribution in [0.5, 0.6) is 11.5 Å². The van der Waals surface area contributed by atoms with Gasteiger partial charge in [0.25, 0.3) is 0 Å². The number of ether oxygens (including phenoxy) is 1. The number of aryl methyl sites for hydroxylation is 1. The smallest absolute Gasteiger partial charge is 0.168 e. The Morgan fingerprint density at radius 1 is 1.14 bits per heavy atom.